The summed E-state index contributed by atoms with van der Waals surface area (Å²) in [6, 6.07) is 0. The molecule has 0 aliphatic heterocycles. The highest BCUT2D eigenvalue weighted by atomic mass is 14.9. The summed E-state index contributed by atoms with van der Waals surface area (Å²) in [5.41, 5.74) is 1.01. The quantitative estimate of drug-likeness (QED) is 0.428. The van der Waals surface area contributed by atoms with Crippen molar-refractivity contribution in [3.63, 3.8) is 0 Å². The van der Waals surface area contributed by atoms with E-state index in [-0.39, 0.29) is 0 Å². The molecular formula is C9H19N3. The number of nitrogens with one attached hydrogen (secondary N) is 2. The Morgan fingerprint density at radius 1 is 1.42 bits per heavy atom. The summed E-state index contributed by atoms with van der Waals surface area (Å²) < 4.78 is 0. The largest absolute Gasteiger partial charge is 0.318 e. The van der Waals surface area contributed by atoms with Gasteiger partial charge in [-0.3, -0.25) is 4.99 Å². The molecule has 0 radical (unpaired) electrons. The van der Waals surface area contributed by atoms with Crippen molar-refractivity contribution in [2.45, 2.75) is 6.92 Å². The van der Waals surface area contributed by atoms with Gasteiger partial charge in [-0.2, -0.15) is 0 Å². The lowest BCUT2D eigenvalue weighted by molar-refractivity contribution is 0.655. The van der Waals surface area contributed by atoms with Crippen LogP contribution in [0.5, 0.6) is 0 Å². The van der Waals surface area contributed by atoms with Crippen LogP contribution in [0, 0.1) is 0 Å². The molecule has 0 aromatic carbocycles. The molecule has 0 unspecified atom stereocenters. The summed E-state index contributed by atoms with van der Waals surface area (Å²) >= 11 is 0. The third-order valence-electron chi connectivity index (χ3n) is 1.50. The topological polar surface area (TPSA) is 36.4 Å². The lowest BCUT2D eigenvalue weighted by Gasteiger charge is -2.01. The minimum Gasteiger partial charge on any atom is -0.318 e. The first-order valence-corrected chi connectivity index (χ1v) is 4.30. The first kappa shape index (κ1) is 11.3. The average Bonchev–Trinajstić information content (AvgIpc) is 2.10. The highest BCUT2D eigenvalue weighted by molar-refractivity contribution is 5.92. The highest BCUT2D eigenvalue weighted by Crippen LogP contribution is 1.77. The molecule has 0 spiro atoms. The Balaban J connectivity index is 3.15. The molecule has 0 aliphatic carbocycles. The van der Waals surface area contributed by atoms with Gasteiger partial charge in [0.15, 0.2) is 0 Å². The molecule has 0 heterocycles. The minimum atomic E-state index is 0.835. The minimum absolute atomic E-state index is 0.835. The zero-order valence-corrected chi connectivity index (χ0v) is 8.06. The van der Waals surface area contributed by atoms with E-state index in [0.717, 1.165) is 31.9 Å². The van der Waals surface area contributed by atoms with E-state index in [4.69, 9.17) is 0 Å². The van der Waals surface area contributed by atoms with E-state index in [2.05, 4.69) is 22.2 Å². The Bertz CT molecular complexity index is 141. The lowest BCUT2D eigenvalue weighted by atomic mass is 10.4. The summed E-state index contributed by atoms with van der Waals surface area (Å²) in [5.74, 6) is 0. The average molecular weight is 169 g/mol. The van der Waals surface area contributed by atoms with Gasteiger partial charge in [0, 0.05) is 25.3 Å². The van der Waals surface area contributed by atoms with Gasteiger partial charge >= 0.3 is 0 Å². The van der Waals surface area contributed by atoms with Gasteiger partial charge in [0.25, 0.3) is 0 Å². The Morgan fingerprint density at radius 3 is 2.75 bits per heavy atom. The third kappa shape index (κ3) is 7.44. The molecule has 0 rings (SSSR count). The molecule has 70 valence electrons. The zero-order valence-electron chi connectivity index (χ0n) is 8.06. The molecule has 0 aromatic heterocycles. The third-order valence-corrected chi connectivity index (χ3v) is 1.50. The van der Waals surface area contributed by atoms with Crippen molar-refractivity contribution in [3.05, 3.63) is 12.7 Å². The Labute approximate surface area is 75.0 Å². The maximum atomic E-state index is 4.26. The van der Waals surface area contributed by atoms with E-state index in [9.17, 15) is 0 Å². The predicted molar refractivity (Wildman–Crippen MR) is 55.0 cm³/mol. The van der Waals surface area contributed by atoms with Crippen molar-refractivity contribution >= 4 is 5.71 Å². The molecule has 0 fully saturated rings. The summed E-state index contributed by atoms with van der Waals surface area (Å²) in [7, 11) is 1.95. The van der Waals surface area contributed by atoms with Gasteiger partial charge in [0.05, 0.1) is 6.54 Å². The van der Waals surface area contributed by atoms with Crippen LogP contribution in [0.3, 0.4) is 0 Å². The fourth-order valence-electron chi connectivity index (χ4n) is 0.714. The Morgan fingerprint density at radius 2 is 2.17 bits per heavy atom. The van der Waals surface area contributed by atoms with Crippen molar-refractivity contribution < 1.29 is 0 Å². The highest BCUT2D eigenvalue weighted by Gasteiger charge is 1.84. The van der Waals surface area contributed by atoms with Gasteiger partial charge in [0.1, 0.15) is 0 Å². The number of likely N-dealkylation sites (N-methyl/N-ethyl adjacent to an activating group) is 1. The van der Waals surface area contributed by atoms with Crippen LogP contribution >= 0.6 is 0 Å². The van der Waals surface area contributed by atoms with E-state index < -0.39 is 0 Å². The molecule has 0 aliphatic rings. The monoisotopic (exact) mass is 169 g/mol. The molecule has 0 saturated heterocycles. The summed E-state index contributed by atoms with van der Waals surface area (Å²) in [5, 5.41) is 6.33. The number of aliphatic imine (C=N–C) groups is 1. The van der Waals surface area contributed by atoms with Crippen LogP contribution in [0.2, 0.25) is 0 Å². The van der Waals surface area contributed by atoms with Gasteiger partial charge in [0.2, 0.25) is 0 Å². The molecule has 12 heavy (non-hydrogen) atoms. The van der Waals surface area contributed by atoms with Crippen LogP contribution in [0.15, 0.2) is 17.6 Å². The standard InChI is InChI=1S/C9H19N3/c1-4-9(2)12-8-7-11-6-5-10-3/h4,10-11H,1,5-8H2,2-3H3. The molecule has 0 amide bonds. The molecule has 3 nitrogen and oxygen atoms in total. The number of hydrogen-bond acceptors (Lipinski definition) is 3. The van der Waals surface area contributed by atoms with E-state index >= 15 is 0 Å². The molecule has 0 atom stereocenters. The number of allylic oxidation sites excluding steroid dienone is 1. The summed E-state index contributed by atoms with van der Waals surface area (Å²) in [4.78, 5) is 4.26. The second-order valence-corrected chi connectivity index (χ2v) is 2.58. The summed E-state index contributed by atoms with van der Waals surface area (Å²) in [6.45, 7) is 9.36. The normalized spacial score (nSPS) is 11.7. The zero-order chi connectivity index (χ0) is 9.23. The van der Waals surface area contributed by atoms with Crippen molar-refractivity contribution in [2.75, 3.05) is 33.2 Å². The number of nitrogens with zero attached hydrogens (tertiary/aromatic N) is 1. The van der Waals surface area contributed by atoms with Crippen LogP contribution in [0.25, 0.3) is 0 Å². The van der Waals surface area contributed by atoms with Crippen LogP contribution in [0.1, 0.15) is 6.92 Å². The number of rotatable bonds is 7. The van der Waals surface area contributed by atoms with Crippen molar-refractivity contribution in [3.8, 4) is 0 Å². The van der Waals surface area contributed by atoms with Gasteiger partial charge in [-0.15, -0.1) is 0 Å². The van der Waals surface area contributed by atoms with Gasteiger partial charge in [-0.25, -0.2) is 0 Å². The van der Waals surface area contributed by atoms with E-state index in [1.165, 1.54) is 0 Å². The molecule has 2 N–H and O–H groups in total. The fourth-order valence-corrected chi connectivity index (χ4v) is 0.714. The smallest absolute Gasteiger partial charge is 0.0517 e. The van der Waals surface area contributed by atoms with Crippen molar-refractivity contribution in [1.29, 1.82) is 0 Å². The second-order valence-electron chi connectivity index (χ2n) is 2.58. The van der Waals surface area contributed by atoms with E-state index in [1.807, 2.05) is 14.0 Å². The molecule has 0 bridgehead atoms. The van der Waals surface area contributed by atoms with E-state index in [1.54, 1.807) is 6.08 Å². The Kier molecular flexibility index (Phi) is 7.96. The van der Waals surface area contributed by atoms with Crippen LogP contribution in [0.4, 0.5) is 0 Å². The van der Waals surface area contributed by atoms with Crippen molar-refractivity contribution in [2.24, 2.45) is 4.99 Å². The maximum absolute atomic E-state index is 4.26. The fraction of sp³-hybridized carbons (Fsp3) is 0.667. The molecular weight excluding hydrogens is 150 g/mol. The van der Waals surface area contributed by atoms with Gasteiger partial charge < -0.3 is 10.6 Å². The maximum Gasteiger partial charge on any atom is 0.0517 e. The summed E-state index contributed by atoms with van der Waals surface area (Å²) in [6.07, 6.45) is 1.77. The SMILES string of the molecule is C=CC(C)=NCCNCCNC. The first-order chi connectivity index (χ1) is 5.81. The number of hydrogen-bond donors (Lipinski definition) is 2. The Hall–Kier alpha value is -0.670. The van der Waals surface area contributed by atoms with Crippen LogP contribution in [-0.2, 0) is 0 Å². The van der Waals surface area contributed by atoms with Crippen molar-refractivity contribution in [1.82, 2.24) is 10.6 Å². The molecule has 3 heteroatoms. The molecule has 0 saturated carbocycles. The van der Waals surface area contributed by atoms with Gasteiger partial charge in [-0.1, -0.05) is 6.58 Å². The lowest BCUT2D eigenvalue weighted by Crippen LogP contribution is -2.26. The first-order valence-electron chi connectivity index (χ1n) is 4.30. The van der Waals surface area contributed by atoms with E-state index in [0.29, 0.717) is 0 Å². The second kappa shape index (κ2) is 8.43. The van der Waals surface area contributed by atoms with Crippen LogP contribution in [-0.4, -0.2) is 38.9 Å². The van der Waals surface area contributed by atoms with Crippen LogP contribution < -0.4 is 10.6 Å². The predicted octanol–water partition coefficient (Wildman–Crippen LogP) is 0.442. The van der Waals surface area contributed by atoms with Gasteiger partial charge in [-0.05, 0) is 20.0 Å². The molecule has 0 aromatic rings.